The Labute approximate surface area is 132 Å². The molecule has 3 nitrogen and oxygen atoms in total. The van der Waals surface area contributed by atoms with Gasteiger partial charge in [-0.2, -0.15) is 10.5 Å². The number of hydrogen-bond acceptors (Lipinski definition) is 3. The van der Waals surface area contributed by atoms with Gasteiger partial charge in [-0.15, -0.1) is 0 Å². The minimum atomic E-state index is -1.70. The van der Waals surface area contributed by atoms with E-state index in [0.29, 0.717) is 16.9 Å². The molecule has 110 valence electrons. The molecular weight excluding hydrogens is 288 g/mol. The van der Waals surface area contributed by atoms with Gasteiger partial charge in [0.25, 0.3) is 0 Å². The topological polar surface area (TPSA) is 56.8 Å². The Hall–Kier alpha value is -2.56. The fraction of sp³-hybridized carbons (Fsp3) is 0.222. The van der Waals surface area contributed by atoms with Crippen LogP contribution >= 0.6 is 0 Å². The van der Waals surface area contributed by atoms with Crippen LogP contribution < -0.4 is 4.74 Å². The highest BCUT2D eigenvalue weighted by molar-refractivity contribution is 6.84. The summed E-state index contributed by atoms with van der Waals surface area (Å²) in [5, 5.41) is 19.9. The number of ether oxygens (including phenoxy) is 1. The van der Waals surface area contributed by atoms with Crippen LogP contribution in [-0.2, 0) is 0 Å². The van der Waals surface area contributed by atoms with Crippen LogP contribution in [0.4, 0.5) is 0 Å². The zero-order valence-electron chi connectivity index (χ0n) is 13.1. The van der Waals surface area contributed by atoms with Gasteiger partial charge in [0, 0.05) is 0 Å². The Morgan fingerprint density at radius 3 is 2.23 bits per heavy atom. The van der Waals surface area contributed by atoms with E-state index in [1.54, 1.807) is 6.08 Å². The quantitative estimate of drug-likeness (QED) is 0.782. The second-order valence-electron chi connectivity index (χ2n) is 6.17. The molecule has 1 aromatic carbocycles. The Kier molecular flexibility index (Phi) is 4.35. The smallest absolute Gasteiger partial charge is 0.168 e. The summed E-state index contributed by atoms with van der Waals surface area (Å²) in [6.45, 7) is 10.2. The van der Waals surface area contributed by atoms with E-state index < -0.39 is 14.2 Å². The summed E-state index contributed by atoms with van der Waals surface area (Å²) in [5.41, 5.74) is 2.07. The van der Waals surface area contributed by atoms with E-state index in [9.17, 15) is 10.5 Å². The fourth-order valence-electron chi connectivity index (χ4n) is 2.38. The monoisotopic (exact) mass is 306 g/mol. The van der Waals surface area contributed by atoms with Crippen molar-refractivity contribution in [1.29, 1.82) is 10.5 Å². The standard InChI is InChI=1S/C18H18N2OSi/c1-5-13-6-8-15(9-7-13)21-18-14(11-19)10-17(16(18)12-20)22(2,3)4/h5-10,18H,1H2,2-4H3. The van der Waals surface area contributed by atoms with Gasteiger partial charge in [0.05, 0.1) is 31.4 Å². The lowest BCUT2D eigenvalue weighted by atomic mass is 10.1. The molecule has 0 aliphatic heterocycles. The molecule has 0 heterocycles. The summed E-state index contributed by atoms with van der Waals surface area (Å²) >= 11 is 0. The van der Waals surface area contributed by atoms with E-state index in [4.69, 9.17) is 4.74 Å². The molecule has 0 saturated carbocycles. The summed E-state index contributed by atoms with van der Waals surface area (Å²) in [5.74, 6) is 0.640. The van der Waals surface area contributed by atoms with Crippen molar-refractivity contribution in [3.05, 3.63) is 58.8 Å². The van der Waals surface area contributed by atoms with Crippen molar-refractivity contribution in [2.75, 3.05) is 0 Å². The number of benzene rings is 1. The van der Waals surface area contributed by atoms with E-state index in [1.165, 1.54) is 0 Å². The van der Waals surface area contributed by atoms with Gasteiger partial charge in [0.15, 0.2) is 6.10 Å². The molecule has 0 saturated heterocycles. The molecule has 1 aliphatic carbocycles. The van der Waals surface area contributed by atoms with E-state index >= 15 is 0 Å². The summed E-state index contributed by atoms with van der Waals surface area (Å²) in [4.78, 5) is 0. The Morgan fingerprint density at radius 1 is 1.14 bits per heavy atom. The summed E-state index contributed by atoms with van der Waals surface area (Å²) in [7, 11) is -1.70. The first kappa shape index (κ1) is 15.8. The third-order valence-electron chi connectivity index (χ3n) is 3.56. The number of rotatable bonds is 4. The first-order valence-electron chi connectivity index (χ1n) is 7.06. The molecule has 0 radical (unpaired) electrons. The number of nitrogens with zero attached hydrogens (tertiary/aromatic N) is 2. The molecule has 1 atom stereocenters. The van der Waals surface area contributed by atoms with Crippen LogP contribution in [0.15, 0.2) is 53.3 Å². The van der Waals surface area contributed by atoms with Crippen LogP contribution in [0.25, 0.3) is 6.08 Å². The van der Waals surface area contributed by atoms with E-state index in [-0.39, 0.29) is 0 Å². The predicted octanol–water partition coefficient (Wildman–Crippen LogP) is 4.24. The zero-order valence-corrected chi connectivity index (χ0v) is 14.1. The Bertz CT molecular complexity index is 737. The molecule has 1 aliphatic rings. The van der Waals surface area contributed by atoms with Crippen LogP contribution in [-0.4, -0.2) is 14.2 Å². The van der Waals surface area contributed by atoms with Gasteiger partial charge >= 0.3 is 0 Å². The second-order valence-corrected chi connectivity index (χ2v) is 11.2. The van der Waals surface area contributed by atoms with Crippen molar-refractivity contribution in [1.82, 2.24) is 0 Å². The average molecular weight is 306 g/mol. The maximum Gasteiger partial charge on any atom is 0.168 e. The van der Waals surface area contributed by atoms with Crippen LogP contribution in [0.2, 0.25) is 19.6 Å². The summed E-state index contributed by atoms with van der Waals surface area (Å²) in [6, 6.07) is 11.9. The van der Waals surface area contributed by atoms with Crippen molar-refractivity contribution in [3.8, 4) is 17.9 Å². The molecule has 2 rings (SSSR count). The molecule has 1 unspecified atom stereocenters. The minimum Gasteiger partial charge on any atom is -0.479 e. The van der Waals surface area contributed by atoms with Crippen LogP contribution in [0.3, 0.4) is 0 Å². The summed E-state index contributed by atoms with van der Waals surface area (Å²) < 4.78 is 5.92. The van der Waals surface area contributed by atoms with Crippen LogP contribution in [0, 0.1) is 22.7 Å². The molecule has 0 aromatic heterocycles. The number of hydrogen-bond donors (Lipinski definition) is 0. The van der Waals surface area contributed by atoms with Gasteiger partial charge < -0.3 is 4.74 Å². The Morgan fingerprint density at radius 2 is 1.77 bits per heavy atom. The van der Waals surface area contributed by atoms with Gasteiger partial charge in [-0.05, 0) is 29.0 Å². The van der Waals surface area contributed by atoms with Gasteiger partial charge in [-0.1, -0.05) is 44.4 Å². The molecule has 0 spiro atoms. The van der Waals surface area contributed by atoms with E-state index in [1.807, 2.05) is 30.3 Å². The normalized spacial score (nSPS) is 17.5. The molecule has 0 N–H and O–H groups in total. The van der Waals surface area contributed by atoms with E-state index in [2.05, 4.69) is 38.4 Å². The first-order chi connectivity index (χ1) is 10.4. The summed E-state index contributed by atoms with van der Waals surface area (Å²) in [6.07, 6.45) is 3.00. The molecular formula is C18H18N2OSi. The maximum atomic E-state index is 9.52. The third-order valence-corrected chi connectivity index (χ3v) is 5.59. The number of allylic oxidation sites excluding steroid dienone is 2. The molecule has 22 heavy (non-hydrogen) atoms. The van der Waals surface area contributed by atoms with Crippen molar-refractivity contribution >= 4 is 14.1 Å². The van der Waals surface area contributed by atoms with Crippen LogP contribution in [0.5, 0.6) is 5.75 Å². The molecule has 0 amide bonds. The highest BCUT2D eigenvalue weighted by Gasteiger charge is 2.35. The van der Waals surface area contributed by atoms with Crippen molar-refractivity contribution in [3.63, 3.8) is 0 Å². The average Bonchev–Trinajstić information content (AvgIpc) is 2.85. The van der Waals surface area contributed by atoms with Crippen LogP contribution in [0.1, 0.15) is 5.56 Å². The van der Waals surface area contributed by atoms with E-state index in [0.717, 1.165) is 10.8 Å². The first-order valence-corrected chi connectivity index (χ1v) is 10.6. The maximum absolute atomic E-state index is 9.52. The third kappa shape index (κ3) is 3.03. The minimum absolute atomic E-state index is 0.502. The molecule has 0 bridgehead atoms. The largest absolute Gasteiger partial charge is 0.479 e. The predicted molar refractivity (Wildman–Crippen MR) is 90.6 cm³/mol. The molecule has 0 fully saturated rings. The molecule has 1 aromatic rings. The lowest BCUT2D eigenvalue weighted by Crippen LogP contribution is -2.25. The number of nitriles is 2. The highest BCUT2D eigenvalue weighted by Crippen LogP contribution is 2.34. The van der Waals surface area contributed by atoms with Gasteiger partial charge in [0.1, 0.15) is 5.75 Å². The lowest BCUT2D eigenvalue weighted by molar-refractivity contribution is 0.284. The lowest BCUT2D eigenvalue weighted by Gasteiger charge is -2.19. The van der Waals surface area contributed by atoms with Gasteiger partial charge in [0.2, 0.25) is 0 Å². The Balaban J connectivity index is 2.38. The van der Waals surface area contributed by atoms with Crippen molar-refractivity contribution < 1.29 is 4.74 Å². The molecule has 4 heteroatoms. The highest BCUT2D eigenvalue weighted by atomic mass is 28.3. The van der Waals surface area contributed by atoms with Crippen molar-refractivity contribution in [2.45, 2.75) is 25.7 Å². The second kappa shape index (κ2) is 6.05. The van der Waals surface area contributed by atoms with Gasteiger partial charge in [-0.25, -0.2) is 0 Å². The SMILES string of the molecule is C=Cc1ccc(OC2C(C#N)=CC([Si](C)(C)C)=C2C#N)cc1. The van der Waals surface area contributed by atoms with Crippen molar-refractivity contribution in [2.24, 2.45) is 0 Å². The zero-order chi connectivity index (χ0) is 16.3. The van der Waals surface area contributed by atoms with Gasteiger partial charge in [-0.3, -0.25) is 0 Å². The fourth-order valence-corrected chi connectivity index (χ4v) is 3.96.